The Bertz CT molecular complexity index is 664. The van der Waals surface area contributed by atoms with Gasteiger partial charge in [0, 0.05) is 12.7 Å². The van der Waals surface area contributed by atoms with Crippen LogP contribution in [-0.4, -0.2) is 18.8 Å². The van der Waals surface area contributed by atoms with Gasteiger partial charge in [-0.15, -0.1) is 0 Å². The van der Waals surface area contributed by atoms with Crippen molar-refractivity contribution in [1.29, 1.82) is 0 Å². The summed E-state index contributed by atoms with van der Waals surface area (Å²) in [7, 11) is 1.69. The topological polar surface area (TPSA) is 44.7 Å². The maximum Gasteiger partial charge on any atom is 0.239 e. The van der Waals surface area contributed by atoms with Gasteiger partial charge >= 0.3 is 0 Å². The Morgan fingerprint density at radius 2 is 1.75 bits per heavy atom. The van der Waals surface area contributed by atoms with E-state index in [1.807, 2.05) is 54.6 Å². The van der Waals surface area contributed by atoms with Crippen LogP contribution in [0.2, 0.25) is 0 Å². The first-order valence-corrected chi connectivity index (χ1v) is 6.49. The highest BCUT2D eigenvalue weighted by Gasteiger charge is 2.25. The molecule has 100 valence electrons. The van der Waals surface area contributed by atoms with Crippen molar-refractivity contribution in [2.24, 2.45) is 4.99 Å². The van der Waals surface area contributed by atoms with Crippen LogP contribution in [0.3, 0.4) is 0 Å². The maximum absolute atomic E-state index is 12.6. The Morgan fingerprint density at radius 1 is 1.05 bits per heavy atom. The van der Waals surface area contributed by atoms with E-state index < -0.39 is 0 Å². The first-order chi connectivity index (χ1) is 9.79. The molecule has 4 heteroatoms. The van der Waals surface area contributed by atoms with Crippen molar-refractivity contribution in [3.05, 3.63) is 54.6 Å². The third-order valence-electron chi connectivity index (χ3n) is 3.28. The summed E-state index contributed by atoms with van der Waals surface area (Å²) in [6, 6.07) is 17.4. The fourth-order valence-electron chi connectivity index (χ4n) is 2.33. The fourth-order valence-corrected chi connectivity index (χ4v) is 2.33. The quantitative estimate of drug-likeness (QED) is 0.860. The molecule has 0 atom stereocenters. The number of carbonyl (C=O) groups excluding carboxylic acids is 1. The van der Waals surface area contributed by atoms with E-state index in [0.29, 0.717) is 5.84 Å². The minimum absolute atomic E-state index is 0.00856. The summed E-state index contributed by atoms with van der Waals surface area (Å²) in [4.78, 5) is 18.4. The molecule has 0 bridgehead atoms. The molecular formula is C16H15N3O. The van der Waals surface area contributed by atoms with Crippen LogP contribution >= 0.6 is 0 Å². The predicted molar refractivity (Wildman–Crippen MR) is 81.6 cm³/mol. The van der Waals surface area contributed by atoms with E-state index in [1.165, 1.54) is 0 Å². The monoisotopic (exact) mass is 265 g/mol. The summed E-state index contributed by atoms with van der Waals surface area (Å²) in [6.45, 7) is 0. The van der Waals surface area contributed by atoms with Gasteiger partial charge in [-0.1, -0.05) is 30.3 Å². The Morgan fingerprint density at radius 3 is 2.50 bits per heavy atom. The average molecular weight is 265 g/mol. The van der Waals surface area contributed by atoms with Crippen LogP contribution in [-0.2, 0) is 4.79 Å². The number of nitrogens with zero attached hydrogens (tertiary/aromatic N) is 2. The highest BCUT2D eigenvalue weighted by Crippen LogP contribution is 2.34. The van der Waals surface area contributed by atoms with Crippen LogP contribution in [0.25, 0.3) is 0 Å². The lowest BCUT2D eigenvalue weighted by molar-refractivity contribution is -0.116. The molecule has 2 aromatic carbocycles. The number of carbonyl (C=O) groups is 1. The maximum atomic E-state index is 12.6. The number of hydrogen-bond donors (Lipinski definition) is 1. The van der Waals surface area contributed by atoms with Gasteiger partial charge in [-0.3, -0.25) is 14.7 Å². The van der Waals surface area contributed by atoms with Crippen molar-refractivity contribution in [3.63, 3.8) is 0 Å². The molecule has 1 amide bonds. The summed E-state index contributed by atoms with van der Waals surface area (Å²) >= 11 is 0. The van der Waals surface area contributed by atoms with Crippen LogP contribution in [0.15, 0.2) is 59.6 Å². The van der Waals surface area contributed by atoms with Gasteiger partial charge in [0.1, 0.15) is 5.84 Å². The van der Waals surface area contributed by atoms with Gasteiger partial charge in [0.15, 0.2) is 0 Å². The third kappa shape index (κ3) is 2.16. The minimum Gasteiger partial charge on any atom is -0.342 e. The highest BCUT2D eigenvalue weighted by molar-refractivity contribution is 6.18. The summed E-state index contributed by atoms with van der Waals surface area (Å²) in [6.07, 6.45) is 0.264. The minimum atomic E-state index is 0.00856. The van der Waals surface area contributed by atoms with Gasteiger partial charge in [-0.05, 0) is 24.3 Å². The van der Waals surface area contributed by atoms with E-state index in [1.54, 1.807) is 11.9 Å². The van der Waals surface area contributed by atoms with Gasteiger partial charge < -0.3 is 5.32 Å². The molecule has 0 aromatic heterocycles. The van der Waals surface area contributed by atoms with E-state index in [4.69, 9.17) is 0 Å². The van der Waals surface area contributed by atoms with Gasteiger partial charge in [0.2, 0.25) is 5.91 Å². The summed E-state index contributed by atoms with van der Waals surface area (Å²) in [5, 5.41) is 3.23. The number of aliphatic imine (C=N–C) groups is 1. The van der Waals surface area contributed by atoms with Crippen molar-refractivity contribution in [2.45, 2.75) is 6.42 Å². The molecule has 0 saturated carbocycles. The Balaban J connectivity index is 2.16. The molecule has 1 aliphatic rings. The number of fused-ring (bicyclic) bond motifs is 1. The zero-order valence-electron chi connectivity index (χ0n) is 11.2. The summed E-state index contributed by atoms with van der Waals surface area (Å²) in [5.74, 6) is 0.690. The van der Waals surface area contributed by atoms with E-state index in [-0.39, 0.29) is 12.3 Å². The van der Waals surface area contributed by atoms with E-state index in [2.05, 4.69) is 10.3 Å². The lowest BCUT2D eigenvalue weighted by atomic mass is 10.2. The number of hydrogen-bond acceptors (Lipinski definition) is 2. The average Bonchev–Trinajstić information content (AvgIpc) is 2.63. The molecule has 2 aromatic rings. The zero-order valence-corrected chi connectivity index (χ0v) is 11.2. The van der Waals surface area contributed by atoms with Gasteiger partial charge in [-0.25, -0.2) is 0 Å². The Labute approximate surface area is 117 Å². The molecule has 0 unspecified atom stereocenters. The Kier molecular flexibility index (Phi) is 3.21. The van der Waals surface area contributed by atoms with E-state index in [9.17, 15) is 4.79 Å². The van der Waals surface area contributed by atoms with Crippen molar-refractivity contribution < 1.29 is 4.79 Å². The second-order valence-corrected chi connectivity index (χ2v) is 4.55. The molecule has 3 rings (SSSR count). The fraction of sp³-hybridized carbons (Fsp3) is 0.125. The molecule has 1 aliphatic heterocycles. The molecular weight excluding hydrogens is 250 g/mol. The summed E-state index contributed by atoms with van der Waals surface area (Å²) < 4.78 is 0. The number of nitrogens with one attached hydrogen (secondary N) is 1. The zero-order chi connectivity index (χ0) is 13.9. The van der Waals surface area contributed by atoms with Crippen LogP contribution in [0, 0.1) is 0 Å². The summed E-state index contributed by atoms with van der Waals surface area (Å²) in [5.41, 5.74) is 2.61. The first kappa shape index (κ1) is 12.4. The number of para-hydroxylation sites is 3. The van der Waals surface area contributed by atoms with Gasteiger partial charge in [-0.2, -0.15) is 0 Å². The molecule has 1 N–H and O–H groups in total. The number of amides is 1. The number of anilines is 3. The lowest BCUT2D eigenvalue weighted by Crippen LogP contribution is -2.26. The van der Waals surface area contributed by atoms with Crippen LogP contribution < -0.4 is 10.2 Å². The van der Waals surface area contributed by atoms with Gasteiger partial charge in [0.25, 0.3) is 0 Å². The van der Waals surface area contributed by atoms with E-state index >= 15 is 0 Å². The van der Waals surface area contributed by atoms with Crippen LogP contribution in [0.4, 0.5) is 17.1 Å². The lowest BCUT2D eigenvalue weighted by Gasteiger charge is -2.22. The largest absolute Gasteiger partial charge is 0.342 e. The SMILES string of the molecule is CN=C1CC(=O)N(c2ccccc2)c2ccccc2N1. The molecule has 4 nitrogen and oxygen atoms in total. The van der Waals surface area contributed by atoms with Gasteiger partial charge in [0.05, 0.1) is 17.8 Å². The molecule has 0 spiro atoms. The van der Waals surface area contributed by atoms with Crippen LogP contribution in [0.5, 0.6) is 0 Å². The molecule has 20 heavy (non-hydrogen) atoms. The first-order valence-electron chi connectivity index (χ1n) is 6.49. The standard InChI is InChI=1S/C16H15N3O/c1-17-15-11-16(20)19(12-7-3-2-4-8-12)14-10-6-5-9-13(14)18-15/h2-10H,11H2,1H3,(H,17,18). The number of benzene rings is 2. The van der Waals surface area contributed by atoms with Crippen molar-refractivity contribution in [1.82, 2.24) is 0 Å². The second kappa shape index (κ2) is 5.17. The van der Waals surface area contributed by atoms with E-state index in [0.717, 1.165) is 17.1 Å². The van der Waals surface area contributed by atoms with Crippen molar-refractivity contribution in [3.8, 4) is 0 Å². The highest BCUT2D eigenvalue weighted by atomic mass is 16.2. The Hall–Kier alpha value is -2.62. The normalized spacial score (nSPS) is 16.6. The molecule has 0 aliphatic carbocycles. The molecule has 0 radical (unpaired) electrons. The molecule has 0 saturated heterocycles. The molecule has 1 heterocycles. The van der Waals surface area contributed by atoms with Crippen molar-refractivity contribution in [2.75, 3.05) is 17.3 Å². The third-order valence-corrected chi connectivity index (χ3v) is 3.28. The van der Waals surface area contributed by atoms with Crippen LogP contribution in [0.1, 0.15) is 6.42 Å². The smallest absolute Gasteiger partial charge is 0.239 e. The van der Waals surface area contributed by atoms with Crippen molar-refractivity contribution >= 4 is 28.8 Å². The predicted octanol–water partition coefficient (Wildman–Crippen LogP) is 3.20. The second-order valence-electron chi connectivity index (χ2n) is 4.55. The number of rotatable bonds is 1. The molecule has 0 fully saturated rings. The number of amidine groups is 1.